The van der Waals surface area contributed by atoms with Gasteiger partial charge < -0.3 is 29.2 Å². The number of halogens is 3. The molecule has 3 aromatic heterocycles. The van der Waals surface area contributed by atoms with Crippen molar-refractivity contribution in [3.63, 3.8) is 0 Å². The SMILES string of the molecule is C=CC(=O)N1CC[C@H](C(=O)N(C)C(C(=O)N[C@H]2Cc3csc(n3)-c3ccc4c(c3)c(c(-c3cccnc3[C@H](C)OC)n4CC(F)(F)F)CC(C)(C)COC(=O)[C@@H]3CCCN(N3)C2=O)C(C)C)C1. The average Bonchev–Trinajstić information content (AvgIpc) is 4.05. The van der Waals surface area contributed by atoms with E-state index in [-0.39, 0.29) is 50.3 Å². The second kappa shape index (κ2) is 19.9. The Morgan fingerprint density at radius 3 is 2.61 bits per heavy atom. The molecular weight excluding hydrogens is 890 g/mol. The molecule has 1 unspecified atom stereocenters. The number of alkyl halides is 3. The number of rotatable bonds is 10. The van der Waals surface area contributed by atoms with Gasteiger partial charge in [0.25, 0.3) is 5.91 Å². The van der Waals surface area contributed by atoms with Crippen LogP contribution in [-0.2, 0) is 52.8 Å². The van der Waals surface area contributed by atoms with Gasteiger partial charge in [0.15, 0.2) is 0 Å². The van der Waals surface area contributed by atoms with Crippen molar-refractivity contribution in [3.05, 3.63) is 71.5 Å². The Balaban J connectivity index is 1.30. The molecule has 0 aliphatic carbocycles. The van der Waals surface area contributed by atoms with E-state index < -0.39 is 66.1 Å². The molecule has 7 rings (SSSR count). The number of nitrogens with one attached hydrogen (secondary N) is 2. The maximum Gasteiger partial charge on any atom is 0.406 e. The number of likely N-dealkylation sites (tertiary alicyclic amines) is 1. The largest absolute Gasteiger partial charge is 0.464 e. The number of pyridine rings is 1. The van der Waals surface area contributed by atoms with E-state index in [1.54, 1.807) is 68.6 Å². The number of nitrogens with zero attached hydrogens (tertiary/aromatic N) is 6. The van der Waals surface area contributed by atoms with Gasteiger partial charge in [0.1, 0.15) is 29.7 Å². The second-order valence-electron chi connectivity index (χ2n) is 18.9. The third kappa shape index (κ3) is 10.7. The molecule has 2 fully saturated rings. The number of hydrogen-bond acceptors (Lipinski definition) is 11. The summed E-state index contributed by atoms with van der Waals surface area (Å²) in [7, 11) is 3.06. The van der Waals surface area contributed by atoms with E-state index in [0.29, 0.717) is 75.5 Å². The molecule has 6 bridgehead atoms. The van der Waals surface area contributed by atoms with Crippen LogP contribution in [0.25, 0.3) is 32.7 Å². The minimum absolute atomic E-state index is 0.0622. The smallest absolute Gasteiger partial charge is 0.406 e. The first-order valence-corrected chi connectivity index (χ1v) is 23.5. The summed E-state index contributed by atoms with van der Waals surface area (Å²) in [5, 5.41) is 7.12. The minimum Gasteiger partial charge on any atom is -0.464 e. The van der Waals surface area contributed by atoms with Crippen molar-refractivity contribution in [1.29, 1.82) is 0 Å². The second-order valence-corrected chi connectivity index (χ2v) is 19.7. The van der Waals surface area contributed by atoms with Crippen molar-refractivity contribution in [2.24, 2.45) is 17.3 Å². The summed E-state index contributed by atoms with van der Waals surface area (Å²) in [6, 6.07) is 5.53. The molecule has 19 heteroatoms. The lowest BCUT2D eigenvalue weighted by Gasteiger charge is -2.37. The molecule has 4 aromatic rings. The molecule has 360 valence electrons. The molecule has 2 saturated heterocycles. The molecule has 4 amide bonds. The Morgan fingerprint density at radius 1 is 1.15 bits per heavy atom. The molecule has 67 heavy (non-hydrogen) atoms. The lowest BCUT2D eigenvalue weighted by molar-refractivity contribution is -0.155. The Kier molecular flexibility index (Phi) is 14.6. The van der Waals surface area contributed by atoms with Crippen LogP contribution in [0.4, 0.5) is 13.2 Å². The number of carbonyl (C=O) groups excluding carboxylic acids is 5. The fourth-order valence-corrected chi connectivity index (χ4v) is 10.3. The Hall–Kier alpha value is -5.66. The number of benzene rings is 1. The van der Waals surface area contributed by atoms with Gasteiger partial charge in [0.2, 0.25) is 17.7 Å². The van der Waals surface area contributed by atoms with Crippen LogP contribution in [-0.4, -0.2) is 124 Å². The minimum atomic E-state index is -4.59. The van der Waals surface area contributed by atoms with Crippen molar-refractivity contribution >= 4 is 51.8 Å². The highest BCUT2D eigenvalue weighted by Crippen LogP contribution is 2.43. The quantitative estimate of drug-likeness (QED) is 0.137. The number of cyclic esters (lactones) is 1. The highest BCUT2D eigenvalue weighted by molar-refractivity contribution is 7.13. The third-order valence-corrected chi connectivity index (χ3v) is 13.8. The van der Waals surface area contributed by atoms with E-state index in [0.717, 1.165) is 0 Å². The summed E-state index contributed by atoms with van der Waals surface area (Å²) in [5.74, 6) is -3.17. The van der Waals surface area contributed by atoms with Gasteiger partial charge in [-0.15, -0.1) is 11.3 Å². The number of ether oxygens (including phenoxy) is 2. The number of amides is 4. The molecule has 5 atom stereocenters. The van der Waals surface area contributed by atoms with Crippen molar-refractivity contribution in [3.8, 4) is 21.8 Å². The van der Waals surface area contributed by atoms with Gasteiger partial charge in [-0.1, -0.05) is 34.3 Å². The van der Waals surface area contributed by atoms with Crippen LogP contribution in [0.3, 0.4) is 0 Å². The molecular formula is C48H59F3N8O7S. The van der Waals surface area contributed by atoms with Crippen LogP contribution < -0.4 is 10.7 Å². The predicted octanol–water partition coefficient (Wildman–Crippen LogP) is 6.26. The Bertz CT molecular complexity index is 2540. The standard InChI is InChI=1S/C48H59F3N8O7S/c1-9-38(60)57-19-16-30(23-57)44(62)56(7)40(27(2)3)42(61)54-36-21-31-24-67-43(53-31)29-14-15-37-33(20-29)34(22-47(5,6)26-66-46(64)35-13-11-18-59(55-35)45(36)63)41(58(37)25-48(49,50)51)32-12-10-17-52-39(32)28(4)65-8/h9-10,12,14-15,17,20,24,27-28,30,35-36,40,55H,1,11,13,16,18-19,21-23,25-26H2,2-8H3,(H,54,61)/t28-,30-,35-,36-,40?/m0/s1. The van der Waals surface area contributed by atoms with Crippen LogP contribution in [0.2, 0.25) is 0 Å². The van der Waals surface area contributed by atoms with Gasteiger partial charge in [0.05, 0.1) is 35.7 Å². The van der Waals surface area contributed by atoms with E-state index >= 15 is 0 Å². The number of hydrazine groups is 1. The van der Waals surface area contributed by atoms with Crippen molar-refractivity contribution in [1.82, 2.24) is 40.1 Å². The normalized spacial score (nSPS) is 21.1. The summed E-state index contributed by atoms with van der Waals surface area (Å²) < 4.78 is 56.8. The number of esters is 1. The van der Waals surface area contributed by atoms with Gasteiger partial charge in [-0.2, -0.15) is 13.2 Å². The van der Waals surface area contributed by atoms with Crippen molar-refractivity contribution in [2.75, 3.05) is 40.4 Å². The maximum absolute atomic E-state index is 14.6. The predicted molar refractivity (Wildman–Crippen MR) is 246 cm³/mol. The molecule has 0 spiro atoms. The number of methoxy groups -OCH3 is 1. The first-order chi connectivity index (χ1) is 31.7. The van der Waals surface area contributed by atoms with Gasteiger partial charge >= 0.3 is 12.1 Å². The first-order valence-electron chi connectivity index (χ1n) is 22.6. The maximum atomic E-state index is 14.6. The van der Waals surface area contributed by atoms with Gasteiger partial charge in [-0.25, -0.2) is 10.4 Å². The van der Waals surface area contributed by atoms with E-state index in [1.807, 2.05) is 19.9 Å². The zero-order valence-corrected chi connectivity index (χ0v) is 39.8. The van der Waals surface area contributed by atoms with E-state index in [1.165, 1.54) is 39.0 Å². The van der Waals surface area contributed by atoms with Crippen LogP contribution in [0.1, 0.15) is 76.9 Å². The summed E-state index contributed by atoms with van der Waals surface area (Å²) in [6.45, 7) is 12.1. The lowest BCUT2D eigenvalue weighted by Crippen LogP contribution is -2.62. The molecule has 1 aromatic carbocycles. The number of carbonyl (C=O) groups is 5. The summed E-state index contributed by atoms with van der Waals surface area (Å²) >= 11 is 1.29. The molecule has 6 heterocycles. The molecule has 3 aliphatic heterocycles. The summed E-state index contributed by atoms with van der Waals surface area (Å²) in [6.07, 6.45) is -0.999. The number of likely N-dealkylation sites (N-methyl/N-ethyl adjacent to an activating group) is 1. The average molecular weight is 949 g/mol. The van der Waals surface area contributed by atoms with Crippen LogP contribution in [0.15, 0.2) is 54.6 Å². The highest BCUT2D eigenvalue weighted by atomic mass is 32.1. The molecule has 3 aliphatic rings. The Labute approximate surface area is 392 Å². The fourth-order valence-electron chi connectivity index (χ4n) is 9.48. The molecule has 0 radical (unpaired) electrons. The number of hydrogen-bond donors (Lipinski definition) is 2. The number of thiazole rings is 1. The zero-order chi connectivity index (χ0) is 48.5. The summed E-state index contributed by atoms with van der Waals surface area (Å²) in [5.41, 5.74) is 5.52. The van der Waals surface area contributed by atoms with Gasteiger partial charge in [0, 0.05) is 79.2 Å². The first kappa shape index (κ1) is 49.3. The monoisotopic (exact) mass is 948 g/mol. The summed E-state index contributed by atoms with van der Waals surface area (Å²) in [4.78, 5) is 81.4. The lowest BCUT2D eigenvalue weighted by atomic mass is 9.84. The van der Waals surface area contributed by atoms with Crippen molar-refractivity contribution in [2.45, 2.75) is 104 Å². The van der Waals surface area contributed by atoms with Crippen molar-refractivity contribution < 1.29 is 46.6 Å². The Morgan fingerprint density at radius 2 is 1.91 bits per heavy atom. The topological polar surface area (TPSA) is 168 Å². The van der Waals surface area contributed by atoms with Gasteiger partial charge in [-0.3, -0.25) is 34.0 Å². The number of fused-ring (bicyclic) bond motifs is 6. The van der Waals surface area contributed by atoms with Crippen LogP contribution in [0.5, 0.6) is 0 Å². The molecule has 2 N–H and O–H groups in total. The zero-order valence-electron chi connectivity index (χ0n) is 38.9. The molecule has 15 nitrogen and oxygen atoms in total. The fraction of sp³-hybridized carbons (Fsp3) is 0.521. The highest BCUT2D eigenvalue weighted by Gasteiger charge is 2.41. The van der Waals surface area contributed by atoms with E-state index in [2.05, 4.69) is 22.3 Å². The van der Waals surface area contributed by atoms with E-state index in [4.69, 9.17) is 14.5 Å². The third-order valence-electron chi connectivity index (χ3n) is 12.9. The molecule has 0 saturated carbocycles. The van der Waals surface area contributed by atoms with E-state index in [9.17, 15) is 37.1 Å². The van der Waals surface area contributed by atoms with Gasteiger partial charge in [-0.05, 0) is 80.5 Å². The van der Waals surface area contributed by atoms with Crippen LogP contribution in [0, 0.1) is 17.3 Å². The number of aromatic nitrogens is 3. The van der Waals surface area contributed by atoms with Crippen LogP contribution >= 0.6 is 11.3 Å².